The van der Waals surface area contributed by atoms with Crippen LogP contribution in [0.15, 0.2) is 67.5 Å². The lowest BCUT2D eigenvalue weighted by molar-refractivity contribution is 1.15. The lowest BCUT2D eigenvalue weighted by Gasteiger charge is -2.10. The van der Waals surface area contributed by atoms with Crippen LogP contribution in [0.4, 0.5) is 5.69 Å². The molecule has 0 amide bonds. The van der Waals surface area contributed by atoms with Gasteiger partial charge in [0.15, 0.2) is 0 Å². The third-order valence-corrected chi connectivity index (χ3v) is 4.10. The number of hydrogen-bond acceptors (Lipinski definition) is 4. The van der Waals surface area contributed by atoms with Crippen LogP contribution in [0.25, 0.3) is 15.7 Å². The highest BCUT2D eigenvalue weighted by molar-refractivity contribution is 8.06. The summed E-state index contributed by atoms with van der Waals surface area (Å²) in [6.45, 7) is 4.69. The van der Waals surface area contributed by atoms with E-state index in [-0.39, 0.29) is 0 Å². The molecule has 110 valence electrons. The number of nitrogens with one attached hydrogen (secondary N) is 1. The van der Waals surface area contributed by atoms with E-state index in [1.807, 2.05) is 36.7 Å². The third-order valence-electron chi connectivity index (χ3n) is 3.58. The summed E-state index contributed by atoms with van der Waals surface area (Å²) in [7, 11) is 0. The zero-order valence-corrected chi connectivity index (χ0v) is 12.9. The van der Waals surface area contributed by atoms with Crippen LogP contribution in [-0.4, -0.2) is 4.98 Å². The number of anilines is 1. The fraction of sp³-hybridized carbons (Fsp3) is 0.0556. The molecule has 0 atom stereocenters. The second-order valence-corrected chi connectivity index (χ2v) is 5.72. The number of hydrogen-bond donors (Lipinski definition) is 2. The molecule has 3 aromatic rings. The molecule has 0 aliphatic carbocycles. The minimum atomic E-state index is 0.768. The van der Waals surface area contributed by atoms with E-state index in [2.05, 4.69) is 41.1 Å². The Morgan fingerprint density at radius 1 is 1.14 bits per heavy atom. The molecule has 0 spiro atoms. The Balaban J connectivity index is 1.75. The molecule has 4 heteroatoms. The number of benzene rings is 2. The molecule has 22 heavy (non-hydrogen) atoms. The largest absolute Gasteiger partial charge is 0.380 e. The van der Waals surface area contributed by atoms with Crippen LogP contribution < -0.4 is 10.5 Å². The van der Waals surface area contributed by atoms with Crippen molar-refractivity contribution in [2.75, 3.05) is 5.32 Å². The average molecular weight is 307 g/mol. The quantitative estimate of drug-likeness (QED) is 0.685. The van der Waals surface area contributed by atoms with E-state index in [0.717, 1.165) is 28.1 Å². The summed E-state index contributed by atoms with van der Waals surface area (Å²) in [5.41, 5.74) is 3.39. The Bertz CT molecular complexity index is 792. The van der Waals surface area contributed by atoms with Crippen LogP contribution in [0, 0.1) is 0 Å². The van der Waals surface area contributed by atoms with Gasteiger partial charge in [-0.05, 0) is 35.2 Å². The standard InChI is InChI=1S/C18H17N3S/c1-13(22-19)15-7-5-14(6-8-15)11-21-18-4-2-3-16-12-20-10-9-17(16)18/h2-10,12,21H,1,11,19H2. The van der Waals surface area contributed by atoms with E-state index in [1.54, 1.807) is 0 Å². The molecule has 0 bridgehead atoms. The number of fused-ring (bicyclic) bond motifs is 1. The molecule has 0 aliphatic rings. The Kier molecular flexibility index (Phi) is 4.42. The van der Waals surface area contributed by atoms with Crippen LogP contribution in [0.3, 0.4) is 0 Å². The summed E-state index contributed by atoms with van der Waals surface area (Å²) in [6.07, 6.45) is 3.70. The SMILES string of the molecule is C=C(SN)c1ccc(CNc2cccc3cnccc23)cc1. The molecular weight excluding hydrogens is 290 g/mol. The maximum atomic E-state index is 5.53. The van der Waals surface area contributed by atoms with Gasteiger partial charge in [0.05, 0.1) is 0 Å². The summed E-state index contributed by atoms with van der Waals surface area (Å²) >= 11 is 1.18. The second-order valence-electron chi connectivity index (χ2n) is 4.99. The van der Waals surface area contributed by atoms with Crippen molar-refractivity contribution in [3.8, 4) is 0 Å². The van der Waals surface area contributed by atoms with Crippen molar-refractivity contribution in [2.24, 2.45) is 5.14 Å². The third kappa shape index (κ3) is 3.13. The highest BCUT2D eigenvalue weighted by Gasteiger charge is 2.01. The van der Waals surface area contributed by atoms with Gasteiger partial charge in [-0.2, -0.15) is 0 Å². The van der Waals surface area contributed by atoms with Gasteiger partial charge in [-0.1, -0.05) is 43.0 Å². The monoisotopic (exact) mass is 307 g/mol. The molecule has 0 unspecified atom stereocenters. The molecule has 3 nitrogen and oxygen atoms in total. The first-order valence-corrected chi connectivity index (χ1v) is 7.87. The van der Waals surface area contributed by atoms with E-state index in [1.165, 1.54) is 22.9 Å². The first kappa shape index (κ1) is 14.6. The van der Waals surface area contributed by atoms with Crippen LogP contribution >= 0.6 is 11.9 Å². The van der Waals surface area contributed by atoms with E-state index in [0.29, 0.717) is 0 Å². The van der Waals surface area contributed by atoms with E-state index in [9.17, 15) is 0 Å². The Hall–Kier alpha value is -2.30. The minimum absolute atomic E-state index is 0.768. The van der Waals surface area contributed by atoms with Crippen LogP contribution in [0.5, 0.6) is 0 Å². The fourth-order valence-corrected chi connectivity index (χ4v) is 2.62. The summed E-state index contributed by atoms with van der Waals surface area (Å²) < 4.78 is 0. The molecule has 1 heterocycles. The summed E-state index contributed by atoms with van der Waals surface area (Å²) in [6, 6.07) is 16.5. The molecule has 3 rings (SSSR count). The number of rotatable bonds is 5. The lowest BCUT2D eigenvalue weighted by atomic mass is 10.1. The van der Waals surface area contributed by atoms with Crippen LogP contribution in [0.1, 0.15) is 11.1 Å². The average Bonchev–Trinajstić information content (AvgIpc) is 2.59. The molecule has 0 saturated heterocycles. The van der Waals surface area contributed by atoms with Gasteiger partial charge in [0.25, 0.3) is 0 Å². The van der Waals surface area contributed by atoms with Gasteiger partial charge in [-0.3, -0.25) is 10.1 Å². The Morgan fingerprint density at radius 2 is 1.95 bits per heavy atom. The van der Waals surface area contributed by atoms with Crippen molar-refractivity contribution in [2.45, 2.75) is 6.54 Å². The first-order chi connectivity index (χ1) is 10.8. The number of aromatic nitrogens is 1. The van der Waals surface area contributed by atoms with Crippen molar-refractivity contribution in [3.05, 3.63) is 78.6 Å². The predicted octanol–water partition coefficient (Wildman–Crippen LogP) is 4.42. The van der Waals surface area contributed by atoms with Gasteiger partial charge >= 0.3 is 0 Å². The van der Waals surface area contributed by atoms with Gasteiger partial charge in [-0.15, -0.1) is 0 Å². The zero-order valence-electron chi connectivity index (χ0n) is 12.1. The highest BCUT2D eigenvalue weighted by Crippen LogP contribution is 2.24. The maximum Gasteiger partial charge on any atom is 0.0423 e. The molecule has 3 N–H and O–H groups in total. The minimum Gasteiger partial charge on any atom is -0.380 e. The lowest BCUT2D eigenvalue weighted by Crippen LogP contribution is -2.00. The molecule has 1 aromatic heterocycles. The van der Waals surface area contributed by atoms with Crippen molar-refractivity contribution in [1.82, 2.24) is 4.98 Å². The zero-order chi connectivity index (χ0) is 15.4. The Morgan fingerprint density at radius 3 is 2.73 bits per heavy atom. The highest BCUT2D eigenvalue weighted by atomic mass is 32.2. The van der Waals surface area contributed by atoms with Crippen molar-refractivity contribution >= 4 is 33.3 Å². The molecule has 0 radical (unpaired) electrons. The van der Waals surface area contributed by atoms with Gasteiger partial charge in [-0.25, -0.2) is 0 Å². The van der Waals surface area contributed by atoms with E-state index < -0.39 is 0 Å². The Labute approximate surface area is 134 Å². The van der Waals surface area contributed by atoms with Gasteiger partial charge < -0.3 is 5.32 Å². The topological polar surface area (TPSA) is 50.9 Å². The number of nitrogens with zero attached hydrogens (tertiary/aromatic N) is 1. The normalized spacial score (nSPS) is 10.6. The van der Waals surface area contributed by atoms with Crippen LogP contribution in [0.2, 0.25) is 0 Å². The summed E-state index contributed by atoms with van der Waals surface area (Å²) in [5, 5.41) is 11.3. The molecular formula is C18H17N3S. The van der Waals surface area contributed by atoms with Crippen molar-refractivity contribution in [3.63, 3.8) is 0 Å². The summed E-state index contributed by atoms with van der Waals surface area (Å²) in [4.78, 5) is 5.03. The number of nitrogens with two attached hydrogens (primary N) is 1. The maximum absolute atomic E-state index is 5.53. The van der Waals surface area contributed by atoms with E-state index in [4.69, 9.17) is 5.14 Å². The van der Waals surface area contributed by atoms with Crippen molar-refractivity contribution < 1.29 is 0 Å². The predicted molar refractivity (Wildman–Crippen MR) is 96.3 cm³/mol. The smallest absolute Gasteiger partial charge is 0.0423 e. The fourth-order valence-electron chi connectivity index (χ4n) is 2.35. The van der Waals surface area contributed by atoms with E-state index >= 15 is 0 Å². The molecule has 0 aliphatic heterocycles. The summed E-state index contributed by atoms with van der Waals surface area (Å²) in [5.74, 6) is 0. The van der Waals surface area contributed by atoms with Gasteiger partial charge in [0, 0.05) is 40.3 Å². The molecule has 0 fully saturated rings. The molecule has 2 aromatic carbocycles. The van der Waals surface area contributed by atoms with Gasteiger partial charge in [0.1, 0.15) is 0 Å². The van der Waals surface area contributed by atoms with Crippen LogP contribution in [-0.2, 0) is 6.54 Å². The molecule has 0 saturated carbocycles. The first-order valence-electron chi connectivity index (χ1n) is 6.99. The van der Waals surface area contributed by atoms with Gasteiger partial charge in [0.2, 0.25) is 0 Å². The number of pyridine rings is 1. The van der Waals surface area contributed by atoms with Crippen molar-refractivity contribution in [1.29, 1.82) is 0 Å². The second kappa shape index (κ2) is 6.64.